The summed E-state index contributed by atoms with van der Waals surface area (Å²) < 4.78 is 5.21. The lowest BCUT2D eigenvalue weighted by atomic mass is 9.68. The summed E-state index contributed by atoms with van der Waals surface area (Å²) in [6, 6.07) is 3.06. The highest BCUT2D eigenvalue weighted by atomic mass is 32.1. The van der Waals surface area contributed by atoms with Gasteiger partial charge in [0, 0.05) is 0 Å². The third-order valence-electron chi connectivity index (χ3n) is 5.41. The third kappa shape index (κ3) is 4.13. The molecular formula is C20H23N5O4S. The highest BCUT2D eigenvalue weighted by Crippen LogP contribution is 2.43. The van der Waals surface area contributed by atoms with E-state index in [-0.39, 0.29) is 17.9 Å². The number of carbonyl (C=O) groups is 3. The highest BCUT2D eigenvalue weighted by Gasteiger charge is 2.54. The van der Waals surface area contributed by atoms with E-state index in [1.54, 1.807) is 30.5 Å². The summed E-state index contributed by atoms with van der Waals surface area (Å²) in [5.74, 6) is -0.146. The molecule has 1 saturated heterocycles. The first-order chi connectivity index (χ1) is 14.3. The van der Waals surface area contributed by atoms with Crippen LogP contribution in [0.4, 0.5) is 9.93 Å². The van der Waals surface area contributed by atoms with Crippen molar-refractivity contribution in [1.29, 1.82) is 0 Å². The number of nitrogens with one attached hydrogen (secondary N) is 2. The fourth-order valence-corrected chi connectivity index (χ4v) is 4.83. The second-order valence-corrected chi connectivity index (χ2v) is 9.45. The minimum Gasteiger partial charge on any atom is -0.465 e. The molecule has 1 spiro atoms. The van der Waals surface area contributed by atoms with Crippen LogP contribution in [0.5, 0.6) is 0 Å². The normalized spacial score (nSPS) is 23.3. The van der Waals surface area contributed by atoms with E-state index in [4.69, 9.17) is 4.42 Å². The summed E-state index contributed by atoms with van der Waals surface area (Å²) in [5.41, 5.74) is -0.933. The Hall–Kier alpha value is -3.01. The number of urea groups is 1. The van der Waals surface area contributed by atoms with Crippen LogP contribution in [-0.4, -0.2) is 45.0 Å². The molecule has 1 saturated carbocycles. The topological polar surface area (TPSA) is 117 Å². The van der Waals surface area contributed by atoms with Crippen LogP contribution in [0, 0.1) is 5.41 Å². The van der Waals surface area contributed by atoms with Crippen LogP contribution in [0.25, 0.3) is 12.2 Å². The lowest BCUT2D eigenvalue weighted by molar-refractivity contribution is -0.136. The highest BCUT2D eigenvalue weighted by molar-refractivity contribution is 7.16. The number of hydrogen-bond acceptors (Lipinski definition) is 7. The number of amides is 4. The van der Waals surface area contributed by atoms with Gasteiger partial charge in [-0.3, -0.25) is 19.8 Å². The summed E-state index contributed by atoms with van der Waals surface area (Å²) >= 11 is 1.18. The fourth-order valence-electron chi connectivity index (χ4n) is 4.17. The molecular weight excluding hydrogens is 406 g/mol. The molecule has 3 heterocycles. The Kier molecular flexibility index (Phi) is 5.19. The Labute approximate surface area is 177 Å². The van der Waals surface area contributed by atoms with Gasteiger partial charge in [-0.1, -0.05) is 31.6 Å². The maximum Gasteiger partial charge on any atom is 0.325 e. The molecule has 1 atom stereocenters. The first kappa shape index (κ1) is 20.3. The average molecular weight is 430 g/mol. The molecule has 2 aromatic heterocycles. The average Bonchev–Trinajstić information content (AvgIpc) is 3.38. The molecule has 158 valence electrons. The molecule has 1 unspecified atom stereocenters. The largest absolute Gasteiger partial charge is 0.465 e. The molecule has 0 aromatic carbocycles. The Morgan fingerprint density at radius 1 is 1.33 bits per heavy atom. The van der Waals surface area contributed by atoms with Gasteiger partial charge < -0.3 is 9.73 Å². The molecule has 10 heteroatoms. The van der Waals surface area contributed by atoms with Crippen LogP contribution in [0.15, 0.2) is 22.8 Å². The SMILES string of the molecule is CC1(C)CCCC2(C1)NC(=O)N(CC(=O)Nc1nnc(/C=C/c3ccco3)s1)C2=O. The molecule has 1 aliphatic carbocycles. The van der Waals surface area contributed by atoms with Gasteiger partial charge in [0.1, 0.15) is 22.9 Å². The van der Waals surface area contributed by atoms with Gasteiger partial charge >= 0.3 is 6.03 Å². The first-order valence-electron chi connectivity index (χ1n) is 9.75. The van der Waals surface area contributed by atoms with Crippen molar-refractivity contribution in [3.05, 3.63) is 29.2 Å². The summed E-state index contributed by atoms with van der Waals surface area (Å²) in [4.78, 5) is 38.8. The molecule has 2 aromatic rings. The number of aromatic nitrogens is 2. The van der Waals surface area contributed by atoms with Gasteiger partial charge in [0.15, 0.2) is 0 Å². The predicted molar refractivity (Wildman–Crippen MR) is 111 cm³/mol. The van der Waals surface area contributed by atoms with E-state index in [9.17, 15) is 14.4 Å². The number of hydrogen-bond donors (Lipinski definition) is 2. The van der Waals surface area contributed by atoms with Crippen molar-refractivity contribution in [3.8, 4) is 0 Å². The smallest absolute Gasteiger partial charge is 0.325 e. The third-order valence-corrected chi connectivity index (χ3v) is 6.21. The number of anilines is 1. The quantitative estimate of drug-likeness (QED) is 0.705. The van der Waals surface area contributed by atoms with E-state index in [0.717, 1.165) is 17.7 Å². The van der Waals surface area contributed by atoms with E-state index in [1.807, 2.05) is 0 Å². The minimum absolute atomic E-state index is 0.0361. The van der Waals surface area contributed by atoms with Gasteiger partial charge in [-0.15, -0.1) is 10.2 Å². The number of rotatable bonds is 5. The van der Waals surface area contributed by atoms with Gasteiger partial charge in [0.05, 0.1) is 6.26 Å². The maximum atomic E-state index is 13.0. The van der Waals surface area contributed by atoms with Crippen molar-refractivity contribution in [3.63, 3.8) is 0 Å². The standard InChI is InChI=1S/C20H23N5O4S/c1-19(2)8-4-9-20(12-19)16(27)25(18(28)22-20)11-14(26)21-17-24-23-15(30-17)7-6-13-5-3-10-29-13/h3,5-7,10H,4,8-9,11-12H2,1-2H3,(H,22,28)(H,21,24,26)/b7-6+. The lowest BCUT2D eigenvalue weighted by Gasteiger charge is -2.40. The Balaban J connectivity index is 1.37. The zero-order chi connectivity index (χ0) is 21.4. The van der Waals surface area contributed by atoms with Gasteiger partial charge in [0.2, 0.25) is 11.0 Å². The van der Waals surface area contributed by atoms with E-state index < -0.39 is 17.5 Å². The Morgan fingerprint density at radius 2 is 2.17 bits per heavy atom. The summed E-state index contributed by atoms with van der Waals surface area (Å²) in [5, 5.41) is 14.2. The summed E-state index contributed by atoms with van der Waals surface area (Å²) in [6.07, 6.45) is 8.07. The predicted octanol–water partition coefficient (Wildman–Crippen LogP) is 3.13. The van der Waals surface area contributed by atoms with Crippen LogP contribution in [-0.2, 0) is 9.59 Å². The monoisotopic (exact) mass is 429 g/mol. The zero-order valence-corrected chi connectivity index (χ0v) is 17.6. The number of furan rings is 1. The molecule has 30 heavy (non-hydrogen) atoms. The van der Waals surface area contributed by atoms with Crippen LogP contribution < -0.4 is 10.6 Å². The molecule has 2 aliphatic rings. The van der Waals surface area contributed by atoms with E-state index in [0.29, 0.717) is 28.7 Å². The molecule has 4 rings (SSSR count). The minimum atomic E-state index is -0.897. The van der Waals surface area contributed by atoms with Crippen LogP contribution in [0.2, 0.25) is 0 Å². The summed E-state index contributed by atoms with van der Waals surface area (Å²) in [7, 11) is 0. The fraction of sp³-hybridized carbons (Fsp3) is 0.450. The number of carbonyl (C=O) groups excluding carboxylic acids is 3. The van der Waals surface area contributed by atoms with Crippen molar-refractivity contribution >= 4 is 46.5 Å². The first-order valence-corrected chi connectivity index (χ1v) is 10.6. The molecule has 2 fully saturated rings. The van der Waals surface area contributed by atoms with E-state index in [2.05, 4.69) is 34.7 Å². The maximum absolute atomic E-state index is 13.0. The Morgan fingerprint density at radius 3 is 2.90 bits per heavy atom. The zero-order valence-electron chi connectivity index (χ0n) is 16.8. The Bertz CT molecular complexity index is 997. The lowest BCUT2D eigenvalue weighted by Crippen LogP contribution is -2.52. The van der Waals surface area contributed by atoms with Crippen LogP contribution >= 0.6 is 11.3 Å². The van der Waals surface area contributed by atoms with Gasteiger partial charge in [-0.2, -0.15) is 0 Å². The van der Waals surface area contributed by atoms with Crippen molar-refractivity contribution in [2.24, 2.45) is 5.41 Å². The molecule has 1 aliphatic heterocycles. The van der Waals surface area contributed by atoms with Crippen molar-refractivity contribution in [1.82, 2.24) is 20.4 Å². The number of imide groups is 1. The van der Waals surface area contributed by atoms with Gasteiger partial charge in [-0.25, -0.2) is 4.79 Å². The number of nitrogens with zero attached hydrogens (tertiary/aromatic N) is 3. The molecule has 2 N–H and O–H groups in total. The van der Waals surface area contributed by atoms with Crippen LogP contribution in [0.3, 0.4) is 0 Å². The van der Waals surface area contributed by atoms with E-state index in [1.165, 1.54) is 11.3 Å². The van der Waals surface area contributed by atoms with Gasteiger partial charge in [0.25, 0.3) is 5.91 Å². The molecule has 0 bridgehead atoms. The van der Waals surface area contributed by atoms with Crippen molar-refractivity contribution in [2.75, 3.05) is 11.9 Å². The molecule has 0 radical (unpaired) electrons. The van der Waals surface area contributed by atoms with E-state index >= 15 is 0 Å². The molecule has 9 nitrogen and oxygen atoms in total. The molecule has 4 amide bonds. The van der Waals surface area contributed by atoms with Crippen molar-refractivity contribution < 1.29 is 18.8 Å². The second kappa shape index (κ2) is 7.67. The second-order valence-electron chi connectivity index (χ2n) is 8.44. The summed E-state index contributed by atoms with van der Waals surface area (Å²) in [6.45, 7) is 3.83. The van der Waals surface area contributed by atoms with Gasteiger partial charge in [-0.05, 0) is 49.0 Å². The van der Waals surface area contributed by atoms with Crippen LogP contribution in [0.1, 0.15) is 50.3 Å². The van der Waals surface area contributed by atoms with Crippen molar-refractivity contribution in [2.45, 2.75) is 45.1 Å².